The monoisotopic (exact) mass is 220 g/mol. The zero-order valence-corrected chi connectivity index (χ0v) is 11.3. The SMILES string of the molecule is CCC(=O)/C(C)=C\C1=C(C)CCCC1(C)C. The summed E-state index contributed by atoms with van der Waals surface area (Å²) in [7, 11) is 0. The van der Waals surface area contributed by atoms with Crippen LogP contribution < -0.4 is 0 Å². The van der Waals surface area contributed by atoms with Crippen molar-refractivity contribution in [3.63, 3.8) is 0 Å². The van der Waals surface area contributed by atoms with Crippen LogP contribution in [-0.4, -0.2) is 5.78 Å². The third-order valence-electron chi connectivity index (χ3n) is 3.66. The molecule has 0 aliphatic heterocycles. The van der Waals surface area contributed by atoms with E-state index in [0.29, 0.717) is 6.42 Å². The molecule has 1 aliphatic carbocycles. The number of rotatable bonds is 3. The van der Waals surface area contributed by atoms with Crippen molar-refractivity contribution in [3.8, 4) is 0 Å². The van der Waals surface area contributed by atoms with Gasteiger partial charge in [-0.1, -0.05) is 32.4 Å². The van der Waals surface area contributed by atoms with Crippen LogP contribution in [0.1, 0.15) is 60.3 Å². The Bertz CT molecular complexity index is 342. The van der Waals surface area contributed by atoms with E-state index in [9.17, 15) is 4.79 Å². The molecule has 0 amide bonds. The molecule has 0 radical (unpaired) electrons. The first-order valence-corrected chi connectivity index (χ1v) is 6.30. The van der Waals surface area contributed by atoms with E-state index in [1.54, 1.807) is 0 Å². The quantitative estimate of drug-likeness (QED) is 0.643. The predicted molar refractivity (Wildman–Crippen MR) is 69.4 cm³/mol. The molecule has 90 valence electrons. The Morgan fingerprint density at radius 3 is 2.56 bits per heavy atom. The molecular formula is C15H24O. The summed E-state index contributed by atoms with van der Waals surface area (Å²) in [6.45, 7) is 10.6. The fraction of sp³-hybridized carbons (Fsp3) is 0.667. The van der Waals surface area contributed by atoms with Crippen LogP contribution in [0.25, 0.3) is 0 Å². The molecule has 1 nitrogen and oxygen atoms in total. The molecule has 0 aromatic carbocycles. The van der Waals surface area contributed by atoms with Gasteiger partial charge in [0.2, 0.25) is 0 Å². The summed E-state index contributed by atoms with van der Waals surface area (Å²) in [5, 5.41) is 0. The zero-order chi connectivity index (χ0) is 12.3. The Hall–Kier alpha value is -0.850. The average Bonchev–Trinajstić information content (AvgIpc) is 2.21. The lowest BCUT2D eigenvalue weighted by Gasteiger charge is -2.33. The summed E-state index contributed by atoms with van der Waals surface area (Å²) in [5.41, 5.74) is 3.99. The lowest BCUT2D eigenvalue weighted by Crippen LogP contribution is -2.19. The normalized spacial score (nSPS) is 21.2. The van der Waals surface area contributed by atoms with Crippen LogP contribution in [0, 0.1) is 5.41 Å². The summed E-state index contributed by atoms with van der Waals surface area (Å²) in [6.07, 6.45) is 6.42. The second-order valence-corrected chi connectivity index (χ2v) is 5.54. The van der Waals surface area contributed by atoms with E-state index in [2.05, 4.69) is 26.8 Å². The fourth-order valence-electron chi connectivity index (χ4n) is 2.54. The van der Waals surface area contributed by atoms with Crippen molar-refractivity contribution in [2.45, 2.75) is 60.3 Å². The summed E-state index contributed by atoms with van der Waals surface area (Å²) >= 11 is 0. The Kier molecular flexibility index (Phi) is 4.12. The molecular weight excluding hydrogens is 196 g/mol. The highest BCUT2D eigenvalue weighted by Gasteiger charge is 2.27. The van der Waals surface area contributed by atoms with Gasteiger partial charge in [-0.25, -0.2) is 0 Å². The molecule has 0 spiro atoms. The molecule has 0 N–H and O–H groups in total. The van der Waals surface area contributed by atoms with Gasteiger partial charge in [-0.15, -0.1) is 0 Å². The molecule has 0 heterocycles. The first-order valence-electron chi connectivity index (χ1n) is 6.30. The van der Waals surface area contributed by atoms with E-state index in [-0.39, 0.29) is 11.2 Å². The molecule has 0 atom stereocenters. The largest absolute Gasteiger partial charge is 0.295 e. The third kappa shape index (κ3) is 2.84. The highest BCUT2D eigenvalue weighted by molar-refractivity contribution is 5.95. The predicted octanol–water partition coefficient (Wildman–Crippen LogP) is 4.44. The minimum absolute atomic E-state index is 0.234. The first-order chi connectivity index (χ1) is 7.38. The van der Waals surface area contributed by atoms with Gasteiger partial charge in [0, 0.05) is 6.42 Å². The number of allylic oxidation sites excluding steroid dienone is 4. The lowest BCUT2D eigenvalue weighted by molar-refractivity contribution is -0.115. The molecule has 1 aliphatic rings. The smallest absolute Gasteiger partial charge is 0.158 e. The summed E-state index contributed by atoms with van der Waals surface area (Å²) in [4.78, 5) is 11.6. The van der Waals surface area contributed by atoms with Gasteiger partial charge < -0.3 is 0 Å². The van der Waals surface area contributed by atoms with Crippen LogP contribution in [0.15, 0.2) is 22.8 Å². The van der Waals surface area contributed by atoms with Gasteiger partial charge >= 0.3 is 0 Å². The molecule has 0 fully saturated rings. The fourth-order valence-corrected chi connectivity index (χ4v) is 2.54. The van der Waals surface area contributed by atoms with Crippen molar-refractivity contribution in [2.75, 3.05) is 0 Å². The Morgan fingerprint density at radius 1 is 1.44 bits per heavy atom. The standard InChI is InChI=1S/C15H24O/c1-6-14(16)12(3)10-13-11(2)8-7-9-15(13,4)5/h10H,6-9H2,1-5H3/b12-10-. The van der Waals surface area contributed by atoms with Crippen LogP contribution in [0.2, 0.25) is 0 Å². The van der Waals surface area contributed by atoms with Crippen LogP contribution >= 0.6 is 0 Å². The minimum Gasteiger partial charge on any atom is -0.295 e. The maximum atomic E-state index is 11.6. The van der Waals surface area contributed by atoms with E-state index in [4.69, 9.17) is 0 Å². The molecule has 0 saturated carbocycles. The minimum atomic E-state index is 0.234. The zero-order valence-electron chi connectivity index (χ0n) is 11.3. The highest BCUT2D eigenvalue weighted by Crippen LogP contribution is 2.41. The van der Waals surface area contributed by atoms with E-state index >= 15 is 0 Å². The summed E-state index contributed by atoms with van der Waals surface area (Å²) in [6, 6.07) is 0. The Balaban J connectivity index is 3.06. The Labute approximate surface area is 99.6 Å². The molecule has 0 saturated heterocycles. The van der Waals surface area contributed by atoms with Gasteiger partial charge in [0.05, 0.1) is 0 Å². The Morgan fingerprint density at radius 2 is 2.06 bits per heavy atom. The van der Waals surface area contributed by atoms with Crippen molar-refractivity contribution < 1.29 is 4.79 Å². The number of Topliss-reactive ketones (excluding diaryl/α,β-unsaturated/α-hetero) is 1. The highest BCUT2D eigenvalue weighted by atomic mass is 16.1. The van der Waals surface area contributed by atoms with Crippen molar-refractivity contribution >= 4 is 5.78 Å². The second-order valence-electron chi connectivity index (χ2n) is 5.54. The van der Waals surface area contributed by atoms with Gasteiger partial charge in [0.25, 0.3) is 0 Å². The molecule has 1 rings (SSSR count). The van der Waals surface area contributed by atoms with E-state index in [1.165, 1.54) is 30.4 Å². The van der Waals surface area contributed by atoms with Gasteiger partial charge in [-0.05, 0) is 49.7 Å². The maximum Gasteiger partial charge on any atom is 0.158 e. The molecule has 0 unspecified atom stereocenters. The van der Waals surface area contributed by atoms with Crippen LogP contribution in [0.3, 0.4) is 0 Å². The molecule has 0 aromatic heterocycles. The van der Waals surface area contributed by atoms with Crippen molar-refractivity contribution in [1.29, 1.82) is 0 Å². The maximum absolute atomic E-state index is 11.6. The van der Waals surface area contributed by atoms with Gasteiger partial charge in [-0.3, -0.25) is 4.79 Å². The topological polar surface area (TPSA) is 17.1 Å². The number of ketones is 1. The average molecular weight is 220 g/mol. The van der Waals surface area contributed by atoms with Gasteiger partial charge in [0.1, 0.15) is 0 Å². The van der Waals surface area contributed by atoms with E-state index in [0.717, 1.165) is 5.57 Å². The molecule has 1 heteroatoms. The van der Waals surface area contributed by atoms with Crippen molar-refractivity contribution in [3.05, 3.63) is 22.8 Å². The molecule has 16 heavy (non-hydrogen) atoms. The van der Waals surface area contributed by atoms with Gasteiger partial charge in [0.15, 0.2) is 5.78 Å². The van der Waals surface area contributed by atoms with E-state index in [1.807, 2.05) is 13.8 Å². The van der Waals surface area contributed by atoms with Crippen molar-refractivity contribution in [1.82, 2.24) is 0 Å². The van der Waals surface area contributed by atoms with Crippen molar-refractivity contribution in [2.24, 2.45) is 5.41 Å². The van der Waals surface area contributed by atoms with Crippen LogP contribution in [0.4, 0.5) is 0 Å². The third-order valence-corrected chi connectivity index (χ3v) is 3.66. The number of hydrogen-bond acceptors (Lipinski definition) is 1. The summed E-state index contributed by atoms with van der Waals surface area (Å²) < 4.78 is 0. The lowest BCUT2D eigenvalue weighted by atomic mass is 9.72. The second kappa shape index (κ2) is 4.99. The van der Waals surface area contributed by atoms with E-state index < -0.39 is 0 Å². The van der Waals surface area contributed by atoms with Crippen LogP contribution in [-0.2, 0) is 4.79 Å². The number of carbonyl (C=O) groups excluding carboxylic acids is 1. The first kappa shape index (κ1) is 13.2. The molecule has 0 bridgehead atoms. The number of hydrogen-bond donors (Lipinski definition) is 0. The number of carbonyl (C=O) groups is 1. The summed E-state index contributed by atoms with van der Waals surface area (Å²) in [5.74, 6) is 0.265. The molecule has 0 aromatic rings. The van der Waals surface area contributed by atoms with Gasteiger partial charge in [-0.2, -0.15) is 0 Å². The van der Waals surface area contributed by atoms with Crippen LogP contribution in [0.5, 0.6) is 0 Å².